The molecule has 150 valence electrons. The summed E-state index contributed by atoms with van der Waals surface area (Å²) in [4.78, 5) is 19.0. The maximum absolute atomic E-state index is 13.0. The number of aromatic nitrogens is 5. The Hall–Kier alpha value is -3.82. The Bertz CT molecular complexity index is 1590. The molecule has 7 nitrogen and oxygen atoms in total. The van der Waals surface area contributed by atoms with Crippen LogP contribution in [-0.2, 0) is 0 Å². The van der Waals surface area contributed by atoms with E-state index >= 15 is 0 Å². The molecule has 0 atom stereocenters. The van der Waals surface area contributed by atoms with Gasteiger partial charge in [0.15, 0.2) is 5.76 Å². The summed E-state index contributed by atoms with van der Waals surface area (Å²) in [6.07, 6.45) is 5.35. The molecule has 0 spiro atoms. The van der Waals surface area contributed by atoms with E-state index in [9.17, 15) is 4.79 Å². The standard InChI is InChI=1S/C22H13N5O2S2/c28-21-18(31-22-23-20(25-27(21)22)16-8-4-10-29-16)12-14-13-26(15-6-2-1-3-7-15)24-19(14)17-9-5-11-30-17/h1-13H. The van der Waals surface area contributed by atoms with Crippen LogP contribution in [0.1, 0.15) is 5.56 Å². The molecule has 0 saturated heterocycles. The molecule has 31 heavy (non-hydrogen) atoms. The first-order chi connectivity index (χ1) is 15.3. The molecule has 0 bridgehead atoms. The highest BCUT2D eigenvalue weighted by Gasteiger charge is 2.16. The summed E-state index contributed by atoms with van der Waals surface area (Å²) in [6, 6.07) is 17.4. The van der Waals surface area contributed by atoms with Crippen LogP contribution in [0.5, 0.6) is 0 Å². The van der Waals surface area contributed by atoms with Crippen molar-refractivity contribution in [1.29, 1.82) is 0 Å². The Morgan fingerprint density at radius 1 is 1.00 bits per heavy atom. The monoisotopic (exact) mass is 443 g/mol. The average molecular weight is 444 g/mol. The predicted octanol–water partition coefficient (Wildman–Crippen LogP) is 3.87. The zero-order chi connectivity index (χ0) is 20.8. The van der Waals surface area contributed by atoms with E-state index in [1.165, 1.54) is 15.9 Å². The van der Waals surface area contributed by atoms with Crippen LogP contribution in [0.3, 0.4) is 0 Å². The van der Waals surface area contributed by atoms with Gasteiger partial charge in [-0.15, -0.1) is 16.4 Å². The van der Waals surface area contributed by atoms with Crippen molar-refractivity contribution in [3.05, 3.63) is 92.9 Å². The van der Waals surface area contributed by atoms with Crippen LogP contribution in [0.25, 0.3) is 38.9 Å². The van der Waals surface area contributed by atoms with E-state index < -0.39 is 0 Å². The summed E-state index contributed by atoms with van der Waals surface area (Å²) in [7, 11) is 0. The van der Waals surface area contributed by atoms with Crippen LogP contribution >= 0.6 is 22.7 Å². The van der Waals surface area contributed by atoms with E-state index in [1.807, 2.05) is 64.8 Å². The van der Waals surface area contributed by atoms with E-state index in [-0.39, 0.29) is 5.56 Å². The molecule has 0 saturated carbocycles. The van der Waals surface area contributed by atoms with Gasteiger partial charge in [0.25, 0.3) is 5.56 Å². The van der Waals surface area contributed by atoms with Gasteiger partial charge < -0.3 is 4.42 Å². The van der Waals surface area contributed by atoms with Crippen molar-refractivity contribution in [2.75, 3.05) is 0 Å². The maximum Gasteiger partial charge on any atom is 0.291 e. The highest BCUT2D eigenvalue weighted by Crippen LogP contribution is 2.28. The number of thiazole rings is 1. The lowest BCUT2D eigenvalue weighted by atomic mass is 10.2. The second-order valence-corrected chi connectivity index (χ2v) is 8.67. The van der Waals surface area contributed by atoms with E-state index in [0.29, 0.717) is 21.1 Å². The number of furan rings is 1. The van der Waals surface area contributed by atoms with Crippen LogP contribution in [0.15, 0.2) is 81.6 Å². The lowest BCUT2D eigenvalue weighted by molar-refractivity contribution is 0.577. The number of thiophene rings is 1. The van der Waals surface area contributed by atoms with Crippen LogP contribution in [0.2, 0.25) is 0 Å². The van der Waals surface area contributed by atoms with Gasteiger partial charge in [-0.05, 0) is 41.8 Å². The molecule has 0 amide bonds. The second-order valence-electron chi connectivity index (χ2n) is 6.71. The van der Waals surface area contributed by atoms with Gasteiger partial charge in [0.1, 0.15) is 5.69 Å². The molecule has 0 N–H and O–H groups in total. The zero-order valence-electron chi connectivity index (χ0n) is 15.9. The van der Waals surface area contributed by atoms with Gasteiger partial charge in [-0.3, -0.25) is 4.79 Å². The average Bonchev–Trinajstić information content (AvgIpc) is 3.60. The van der Waals surface area contributed by atoms with Gasteiger partial charge >= 0.3 is 0 Å². The number of hydrogen-bond donors (Lipinski definition) is 0. The Morgan fingerprint density at radius 3 is 2.65 bits per heavy atom. The van der Waals surface area contributed by atoms with Crippen molar-refractivity contribution in [3.8, 4) is 27.8 Å². The molecule has 1 aromatic carbocycles. The molecule has 0 fully saturated rings. The van der Waals surface area contributed by atoms with E-state index in [0.717, 1.165) is 21.8 Å². The second kappa shape index (κ2) is 7.15. The molecular formula is C22H13N5O2S2. The number of nitrogens with zero attached hydrogens (tertiary/aromatic N) is 5. The van der Waals surface area contributed by atoms with Crippen molar-refractivity contribution in [2.24, 2.45) is 0 Å². The van der Waals surface area contributed by atoms with Gasteiger partial charge in [0.2, 0.25) is 10.8 Å². The topological polar surface area (TPSA) is 78.2 Å². The van der Waals surface area contributed by atoms with Crippen molar-refractivity contribution in [1.82, 2.24) is 24.4 Å². The molecule has 0 unspecified atom stereocenters. The maximum atomic E-state index is 13.0. The fourth-order valence-corrected chi connectivity index (χ4v) is 4.93. The molecule has 9 heteroatoms. The largest absolute Gasteiger partial charge is 0.461 e. The minimum Gasteiger partial charge on any atom is -0.461 e. The highest BCUT2D eigenvalue weighted by molar-refractivity contribution is 7.15. The van der Waals surface area contributed by atoms with Crippen molar-refractivity contribution < 1.29 is 4.42 Å². The van der Waals surface area contributed by atoms with Gasteiger partial charge in [0.05, 0.1) is 21.4 Å². The third-order valence-electron chi connectivity index (χ3n) is 4.73. The third-order valence-corrected chi connectivity index (χ3v) is 6.56. The smallest absolute Gasteiger partial charge is 0.291 e. The highest BCUT2D eigenvalue weighted by atomic mass is 32.1. The van der Waals surface area contributed by atoms with Gasteiger partial charge in [0, 0.05) is 11.8 Å². The lowest BCUT2D eigenvalue weighted by Gasteiger charge is -1.99. The van der Waals surface area contributed by atoms with Crippen molar-refractivity contribution >= 4 is 33.7 Å². The molecule has 5 heterocycles. The summed E-state index contributed by atoms with van der Waals surface area (Å²) in [6.45, 7) is 0. The molecule has 6 rings (SSSR count). The molecule has 5 aromatic heterocycles. The molecule has 0 radical (unpaired) electrons. The Morgan fingerprint density at radius 2 is 1.90 bits per heavy atom. The van der Waals surface area contributed by atoms with Crippen LogP contribution in [0.4, 0.5) is 0 Å². The van der Waals surface area contributed by atoms with Gasteiger partial charge in [-0.1, -0.05) is 35.6 Å². The van der Waals surface area contributed by atoms with Gasteiger partial charge in [-0.25, -0.2) is 4.68 Å². The van der Waals surface area contributed by atoms with Crippen molar-refractivity contribution in [3.63, 3.8) is 0 Å². The zero-order valence-corrected chi connectivity index (χ0v) is 17.5. The Kier molecular flexibility index (Phi) is 4.15. The minimum absolute atomic E-state index is 0.213. The van der Waals surface area contributed by atoms with Crippen LogP contribution < -0.4 is 10.1 Å². The number of fused-ring (bicyclic) bond motifs is 1. The molecule has 0 aliphatic rings. The van der Waals surface area contributed by atoms with Crippen molar-refractivity contribution in [2.45, 2.75) is 0 Å². The Balaban J connectivity index is 1.50. The Labute approximate surface area is 183 Å². The quantitative estimate of drug-likeness (QED) is 0.413. The first-order valence-electron chi connectivity index (χ1n) is 9.40. The number of rotatable bonds is 4. The van der Waals surface area contributed by atoms with E-state index in [2.05, 4.69) is 10.1 Å². The molecule has 0 aliphatic carbocycles. The molecule has 6 aromatic rings. The fraction of sp³-hybridized carbons (Fsp3) is 0. The summed E-state index contributed by atoms with van der Waals surface area (Å²) in [5, 5.41) is 11.1. The third kappa shape index (κ3) is 3.11. The van der Waals surface area contributed by atoms with Gasteiger partial charge in [-0.2, -0.15) is 14.6 Å². The van der Waals surface area contributed by atoms with Crippen LogP contribution in [0, 0.1) is 0 Å². The summed E-state index contributed by atoms with van der Waals surface area (Å²) in [5.41, 5.74) is 2.43. The minimum atomic E-state index is -0.213. The molecular weight excluding hydrogens is 430 g/mol. The normalized spacial score (nSPS) is 12.2. The van der Waals surface area contributed by atoms with Crippen LogP contribution in [-0.4, -0.2) is 24.4 Å². The lowest BCUT2D eigenvalue weighted by Crippen LogP contribution is -2.23. The SMILES string of the molecule is O=c1c(=Cc2cn(-c3ccccc3)nc2-c2cccs2)sc2nc(-c3ccco3)nn12. The van der Waals surface area contributed by atoms with E-state index in [1.54, 1.807) is 29.7 Å². The summed E-state index contributed by atoms with van der Waals surface area (Å²) in [5.74, 6) is 0.932. The first-order valence-corrected chi connectivity index (χ1v) is 11.1. The summed E-state index contributed by atoms with van der Waals surface area (Å²) < 4.78 is 9.03. The number of benzene rings is 1. The number of para-hydroxylation sites is 1. The number of hydrogen-bond acceptors (Lipinski definition) is 7. The summed E-state index contributed by atoms with van der Waals surface area (Å²) >= 11 is 2.90. The first kappa shape index (κ1) is 18.0. The molecule has 0 aliphatic heterocycles. The fourth-order valence-electron chi connectivity index (χ4n) is 3.30. The predicted molar refractivity (Wildman–Crippen MR) is 120 cm³/mol. The van der Waals surface area contributed by atoms with E-state index in [4.69, 9.17) is 9.52 Å².